The van der Waals surface area contributed by atoms with Crippen molar-refractivity contribution in [3.8, 4) is 5.69 Å². The van der Waals surface area contributed by atoms with Crippen LogP contribution in [0.3, 0.4) is 0 Å². The van der Waals surface area contributed by atoms with Crippen LogP contribution < -0.4 is 5.73 Å². The predicted octanol–water partition coefficient (Wildman–Crippen LogP) is 0.410. The molecule has 1 atom stereocenters. The fraction of sp³-hybridized carbons (Fsp3) is 0.500. The molecule has 0 radical (unpaired) electrons. The Morgan fingerprint density at radius 2 is 1.96 bits per heavy atom. The van der Waals surface area contributed by atoms with Crippen LogP contribution in [-0.2, 0) is 10.0 Å². The lowest BCUT2D eigenvalue weighted by molar-refractivity contribution is 0.155. The van der Waals surface area contributed by atoms with Gasteiger partial charge in [0.05, 0.1) is 10.6 Å². The van der Waals surface area contributed by atoms with E-state index in [1.807, 2.05) is 13.8 Å². The third-order valence-electron chi connectivity index (χ3n) is 4.37. The summed E-state index contributed by atoms with van der Waals surface area (Å²) in [6.07, 6.45) is 2.12. The Balaban J connectivity index is 1.85. The summed E-state index contributed by atoms with van der Waals surface area (Å²) in [5.74, 6) is 0. The highest BCUT2D eigenvalue weighted by Crippen LogP contribution is 2.31. The molecular formula is C14H20N6O2S. The highest BCUT2D eigenvalue weighted by Gasteiger charge is 2.38. The van der Waals surface area contributed by atoms with Gasteiger partial charge >= 0.3 is 0 Å². The quantitative estimate of drug-likeness (QED) is 0.870. The molecule has 9 heteroatoms. The molecule has 0 amide bonds. The third kappa shape index (κ3) is 2.99. The lowest BCUT2D eigenvalue weighted by Crippen LogP contribution is -2.53. The van der Waals surface area contributed by atoms with Gasteiger partial charge in [-0.3, -0.25) is 0 Å². The van der Waals surface area contributed by atoms with Gasteiger partial charge < -0.3 is 5.73 Å². The highest BCUT2D eigenvalue weighted by molar-refractivity contribution is 7.89. The van der Waals surface area contributed by atoms with E-state index in [4.69, 9.17) is 5.73 Å². The standard InChI is InChI=1S/C14H20N6O2S/c1-14(2)9-19(8-7-13(14)15)23(21,22)12-5-3-11(4-6-12)20-10-16-17-18-20/h3-6,10,13H,7-9,15H2,1-2H3. The van der Waals surface area contributed by atoms with Crippen LogP contribution in [0.4, 0.5) is 0 Å². The van der Waals surface area contributed by atoms with E-state index in [2.05, 4.69) is 15.5 Å². The summed E-state index contributed by atoms with van der Waals surface area (Å²) in [4.78, 5) is 0.264. The van der Waals surface area contributed by atoms with Gasteiger partial charge in [0.2, 0.25) is 10.0 Å². The summed E-state index contributed by atoms with van der Waals surface area (Å²) < 4.78 is 28.6. The Labute approximate surface area is 135 Å². The van der Waals surface area contributed by atoms with Crippen molar-refractivity contribution in [1.82, 2.24) is 24.5 Å². The van der Waals surface area contributed by atoms with Crippen molar-refractivity contribution < 1.29 is 8.42 Å². The summed E-state index contributed by atoms with van der Waals surface area (Å²) in [5.41, 5.74) is 6.55. The second-order valence-corrected chi connectivity index (χ2v) is 8.41. The molecule has 1 aromatic carbocycles. The van der Waals surface area contributed by atoms with E-state index < -0.39 is 10.0 Å². The molecule has 1 aliphatic heterocycles. The number of hydrogen-bond acceptors (Lipinski definition) is 6. The largest absolute Gasteiger partial charge is 0.327 e. The van der Waals surface area contributed by atoms with Gasteiger partial charge in [-0.2, -0.15) is 4.31 Å². The molecule has 0 bridgehead atoms. The fourth-order valence-corrected chi connectivity index (χ4v) is 4.36. The molecule has 0 saturated carbocycles. The van der Waals surface area contributed by atoms with Crippen molar-refractivity contribution in [1.29, 1.82) is 0 Å². The highest BCUT2D eigenvalue weighted by atomic mass is 32.2. The van der Waals surface area contributed by atoms with Gasteiger partial charge in [0.1, 0.15) is 6.33 Å². The first-order valence-electron chi connectivity index (χ1n) is 7.40. The van der Waals surface area contributed by atoms with Gasteiger partial charge in [-0.05, 0) is 46.5 Å². The van der Waals surface area contributed by atoms with Crippen molar-refractivity contribution in [2.24, 2.45) is 11.1 Å². The second kappa shape index (κ2) is 5.66. The molecule has 2 N–H and O–H groups in total. The third-order valence-corrected chi connectivity index (χ3v) is 6.22. The summed E-state index contributed by atoms with van der Waals surface area (Å²) >= 11 is 0. The topological polar surface area (TPSA) is 107 Å². The average molecular weight is 336 g/mol. The molecule has 1 aliphatic rings. The zero-order valence-electron chi connectivity index (χ0n) is 13.1. The number of tetrazole rings is 1. The van der Waals surface area contributed by atoms with Gasteiger partial charge in [0.15, 0.2) is 0 Å². The Morgan fingerprint density at radius 3 is 2.52 bits per heavy atom. The van der Waals surface area contributed by atoms with Crippen molar-refractivity contribution in [3.63, 3.8) is 0 Å². The Morgan fingerprint density at radius 1 is 1.26 bits per heavy atom. The van der Waals surface area contributed by atoms with Crippen molar-refractivity contribution >= 4 is 10.0 Å². The first kappa shape index (κ1) is 16.0. The summed E-state index contributed by atoms with van der Waals surface area (Å²) in [6, 6.07) is 6.53. The molecule has 2 heterocycles. The second-order valence-electron chi connectivity index (χ2n) is 6.47. The minimum atomic E-state index is -3.53. The molecule has 3 rings (SSSR count). The van der Waals surface area contributed by atoms with Gasteiger partial charge in [0, 0.05) is 19.1 Å². The molecule has 23 heavy (non-hydrogen) atoms. The summed E-state index contributed by atoms with van der Waals surface area (Å²) in [7, 11) is -3.53. The molecule has 1 fully saturated rings. The zero-order chi connectivity index (χ0) is 16.7. The van der Waals surface area contributed by atoms with E-state index >= 15 is 0 Å². The number of aromatic nitrogens is 4. The van der Waals surface area contributed by atoms with Crippen molar-refractivity contribution in [2.75, 3.05) is 13.1 Å². The van der Waals surface area contributed by atoms with Gasteiger partial charge in [-0.15, -0.1) is 5.10 Å². The Bertz CT molecular complexity index is 770. The van der Waals surface area contributed by atoms with Crippen LogP contribution in [0.2, 0.25) is 0 Å². The average Bonchev–Trinajstić information content (AvgIpc) is 3.04. The van der Waals surface area contributed by atoms with Crippen LogP contribution in [0.25, 0.3) is 5.69 Å². The molecule has 0 spiro atoms. The predicted molar refractivity (Wildman–Crippen MR) is 84.3 cm³/mol. The normalized spacial score (nSPS) is 22.1. The van der Waals surface area contributed by atoms with Crippen molar-refractivity contribution in [3.05, 3.63) is 30.6 Å². The first-order valence-corrected chi connectivity index (χ1v) is 8.84. The first-order chi connectivity index (χ1) is 10.8. The maximum atomic E-state index is 12.8. The number of nitrogens with two attached hydrogens (primary N) is 1. The zero-order valence-corrected chi connectivity index (χ0v) is 13.9. The number of nitrogens with zero attached hydrogens (tertiary/aromatic N) is 5. The number of piperidine rings is 1. The monoisotopic (exact) mass is 336 g/mol. The van der Waals surface area contributed by atoms with Gasteiger partial charge in [-0.1, -0.05) is 13.8 Å². The van der Waals surface area contributed by atoms with Gasteiger partial charge in [-0.25, -0.2) is 13.1 Å². The van der Waals surface area contributed by atoms with E-state index in [-0.39, 0.29) is 16.4 Å². The minimum absolute atomic E-state index is 0.0103. The van der Waals surface area contributed by atoms with Gasteiger partial charge in [0.25, 0.3) is 0 Å². The van der Waals surface area contributed by atoms with Crippen LogP contribution in [0.5, 0.6) is 0 Å². The number of hydrogen-bond donors (Lipinski definition) is 1. The minimum Gasteiger partial charge on any atom is -0.327 e. The van der Waals surface area contributed by atoms with E-state index in [9.17, 15) is 8.42 Å². The van der Waals surface area contributed by atoms with E-state index in [0.29, 0.717) is 25.2 Å². The lowest BCUT2D eigenvalue weighted by Gasteiger charge is -2.41. The summed E-state index contributed by atoms with van der Waals surface area (Å²) in [6.45, 7) is 4.87. The van der Waals surface area contributed by atoms with Crippen LogP contribution >= 0.6 is 0 Å². The van der Waals surface area contributed by atoms with E-state index in [1.165, 1.54) is 15.3 Å². The maximum Gasteiger partial charge on any atom is 0.243 e. The fourth-order valence-electron chi connectivity index (χ4n) is 2.73. The van der Waals surface area contributed by atoms with Crippen LogP contribution in [0.15, 0.2) is 35.5 Å². The Hall–Kier alpha value is -1.84. The van der Waals surface area contributed by atoms with Crippen molar-refractivity contribution in [2.45, 2.75) is 31.2 Å². The van der Waals surface area contributed by atoms with E-state index in [0.717, 1.165) is 0 Å². The number of sulfonamides is 1. The lowest BCUT2D eigenvalue weighted by atomic mass is 9.81. The smallest absolute Gasteiger partial charge is 0.243 e. The Kier molecular flexibility index (Phi) is 3.95. The molecule has 1 unspecified atom stereocenters. The molecule has 2 aromatic rings. The molecule has 1 saturated heterocycles. The molecule has 8 nitrogen and oxygen atoms in total. The van der Waals surface area contributed by atoms with E-state index in [1.54, 1.807) is 24.3 Å². The molecular weight excluding hydrogens is 316 g/mol. The molecule has 124 valence electrons. The number of rotatable bonds is 3. The summed E-state index contributed by atoms with van der Waals surface area (Å²) in [5, 5.41) is 10.9. The number of benzene rings is 1. The van der Waals surface area contributed by atoms with Crippen LogP contribution in [0, 0.1) is 5.41 Å². The molecule has 0 aliphatic carbocycles. The molecule has 1 aromatic heterocycles. The van der Waals surface area contributed by atoms with Crippen LogP contribution in [0.1, 0.15) is 20.3 Å². The SMILES string of the molecule is CC1(C)CN(S(=O)(=O)c2ccc(-n3cnnn3)cc2)CCC1N. The maximum absolute atomic E-state index is 12.8. The van der Waals surface area contributed by atoms with Crippen LogP contribution in [-0.4, -0.2) is 52.1 Å².